The van der Waals surface area contributed by atoms with Gasteiger partial charge in [-0.3, -0.25) is 9.36 Å². The van der Waals surface area contributed by atoms with Gasteiger partial charge in [0.25, 0.3) is 0 Å². The molecule has 0 atom stereocenters. The number of anilines is 1. The fraction of sp³-hybridized carbons (Fsp3) is 0.190. The summed E-state index contributed by atoms with van der Waals surface area (Å²) in [7, 11) is 0. The van der Waals surface area contributed by atoms with Gasteiger partial charge in [0.1, 0.15) is 5.75 Å². The second-order valence-electron chi connectivity index (χ2n) is 6.44. The van der Waals surface area contributed by atoms with Gasteiger partial charge in [-0.05, 0) is 30.2 Å². The number of carbonyl (C=O) groups excluding carboxylic acids is 1. The minimum Gasteiger partial charge on any atom is -0.507 e. The number of fused-ring (bicyclic) bond motifs is 1. The van der Waals surface area contributed by atoms with Crippen LogP contribution in [0, 0.1) is 0 Å². The van der Waals surface area contributed by atoms with E-state index in [1.54, 1.807) is 24.3 Å². The van der Waals surface area contributed by atoms with E-state index in [1.807, 2.05) is 33.7 Å². The first-order valence-electron chi connectivity index (χ1n) is 9.02. The number of para-hydroxylation sites is 2. The van der Waals surface area contributed by atoms with Crippen LogP contribution in [0.25, 0.3) is 11.4 Å². The maximum Gasteiger partial charge on any atom is 0.237 e. The number of phenolic OH excluding ortho intramolecular Hbond substituents is 1. The minimum absolute atomic E-state index is 0.0483. The lowest BCUT2D eigenvalue weighted by molar-refractivity contribution is -0.116. The summed E-state index contributed by atoms with van der Waals surface area (Å²) in [4.78, 5) is 14.6. The molecule has 1 N–H and O–H groups in total. The Labute approximate surface area is 167 Å². The van der Waals surface area contributed by atoms with Crippen LogP contribution in [0.3, 0.4) is 0 Å². The lowest BCUT2D eigenvalue weighted by Crippen LogP contribution is -2.30. The van der Waals surface area contributed by atoms with E-state index >= 15 is 0 Å². The summed E-state index contributed by atoms with van der Waals surface area (Å²) in [6.45, 7) is 4.99. The van der Waals surface area contributed by atoms with Crippen molar-refractivity contribution in [2.45, 2.75) is 18.1 Å². The molecule has 6 nitrogen and oxygen atoms in total. The Balaban J connectivity index is 1.53. The summed E-state index contributed by atoms with van der Waals surface area (Å²) in [6.07, 6.45) is 2.63. The van der Waals surface area contributed by atoms with Crippen LogP contribution in [0.4, 0.5) is 5.69 Å². The summed E-state index contributed by atoms with van der Waals surface area (Å²) in [5.41, 5.74) is 2.80. The van der Waals surface area contributed by atoms with Gasteiger partial charge in [0.15, 0.2) is 11.0 Å². The smallest absolute Gasteiger partial charge is 0.237 e. The molecule has 1 aromatic heterocycles. The van der Waals surface area contributed by atoms with E-state index in [-0.39, 0.29) is 17.4 Å². The molecule has 0 saturated heterocycles. The number of hydrogen-bond donors (Lipinski definition) is 1. The zero-order chi connectivity index (χ0) is 19.5. The molecule has 0 fully saturated rings. The van der Waals surface area contributed by atoms with Crippen molar-refractivity contribution < 1.29 is 9.90 Å². The Hall–Kier alpha value is -3.06. The van der Waals surface area contributed by atoms with Crippen molar-refractivity contribution in [3.63, 3.8) is 0 Å². The molecule has 28 heavy (non-hydrogen) atoms. The van der Waals surface area contributed by atoms with E-state index in [0.29, 0.717) is 29.6 Å². The molecule has 1 aliphatic heterocycles. The third kappa shape index (κ3) is 3.41. The molecule has 2 heterocycles. The van der Waals surface area contributed by atoms with Crippen LogP contribution in [0.5, 0.6) is 5.75 Å². The van der Waals surface area contributed by atoms with Gasteiger partial charge in [-0.25, -0.2) is 0 Å². The molecule has 2 aromatic carbocycles. The monoisotopic (exact) mass is 392 g/mol. The molecule has 0 radical (unpaired) electrons. The molecule has 0 saturated carbocycles. The molecule has 0 aliphatic carbocycles. The van der Waals surface area contributed by atoms with Gasteiger partial charge in [-0.15, -0.1) is 16.8 Å². The molecule has 0 unspecified atom stereocenters. The first-order chi connectivity index (χ1) is 13.7. The van der Waals surface area contributed by atoms with Gasteiger partial charge in [0.2, 0.25) is 5.91 Å². The molecule has 4 rings (SSSR count). The number of benzene rings is 2. The number of hydrogen-bond acceptors (Lipinski definition) is 5. The third-order valence-electron chi connectivity index (χ3n) is 4.69. The van der Waals surface area contributed by atoms with Gasteiger partial charge < -0.3 is 10.0 Å². The highest BCUT2D eigenvalue weighted by Gasteiger charge is 2.25. The van der Waals surface area contributed by atoms with E-state index in [1.165, 1.54) is 17.3 Å². The van der Waals surface area contributed by atoms with Gasteiger partial charge >= 0.3 is 0 Å². The van der Waals surface area contributed by atoms with Gasteiger partial charge in [0.05, 0.1) is 11.3 Å². The highest BCUT2D eigenvalue weighted by molar-refractivity contribution is 7.99. The number of nitrogens with zero attached hydrogens (tertiary/aromatic N) is 4. The van der Waals surface area contributed by atoms with Crippen molar-refractivity contribution in [1.82, 2.24) is 14.8 Å². The molecule has 3 aromatic rings. The summed E-state index contributed by atoms with van der Waals surface area (Å²) in [5, 5.41) is 19.2. The number of thioether (sulfide) groups is 1. The van der Waals surface area contributed by atoms with Crippen LogP contribution in [0.15, 0.2) is 66.3 Å². The molecular weight excluding hydrogens is 372 g/mol. The Morgan fingerprint density at radius 1 is 1.18 bits per heavy atom. The molecule has 0 bridgehead atoms. The largest absolute Gasteiger partial charge is 0.507 e. The van der Waals surface area contributed by atoms with Crippen LogP contribution in [-0.4, -0.2) is 38.1 Å². The Kier molecular flexibility index (Phi) is 5.16. The maximum atomic E-state index is 12.8. The summed E-state index contributed by atoms with van der Waals surface area (Å²) < 4.78 is 1.86. The van der Waals surface area contributed by atoms with E-state index in [9.17, 15) is 9.90 Å². The first-order valence-corrected chi connectivity index (χ1v) is 10.0. The van der Waals surface area contributed by atoms with Crippen molar-refractivity contribution in [2.75, 3.05) is 17.2 Å². The Bertz CT molecular complexity index is 1030. The minimum atomic E-state index is 0.0483. The van der Waals surface area contributed by atoms with Crippen LogP contribution in [0.1, 0.15) is 5.56 Å². The summed E-state index contributed by atoms with van der Waals surface area (Å²) in [5.74, 6) is 1.01. The van der Waals surface area contributed by atoms with E-state index in [4.69, 9.17) is 0 Å². The van der Waals surface area contributed by atoms with Gasteiger partial charge in [-0.2, -0.15) is 0 Å². The molecule has 1 amide bonds. The van der Waals surface area contributed by atoms with E-state index < -0.39 is 0 Å². The van der Waals surface area contributed by atoms with E-state index in [0.717, 1.165) is 12.1 Å². The number of carbonyl (C=O) groups is 1. The van der Waals surface area contributed by atoms with Crippen molar-refractivity contribution in [3.05, 3.63) is 66.7 Å². The fourth-order valence-corrected chi connectivity index (χ4v) is 4.18. The zero-order valence-electron chi connectivity index (χ0n) is 15.3. The second-order valence-corrected chi connectivity index (χ2v) is 7.38. The fourth-order valence-electron chi connectivity index (χ4n) is 3.35. The van der Waals surface area contributed by atoms with Crippen molar-refractivity contribution in [2.24, 2.45) is 0 Å². The third-order valence-corrected chi connectivity index (χ3v) is 5.64. The Morgan fingerprint density at radius 2 is 1.96 bits per heavy atom. The average Bonchev–Trinajstić information content (AvgIpc) is 3.31. The predicted molar refractivity (Wildman–Crippen MR) is 111 cm³/mol. The van der Waals surface area contributed by atoms with Gasteiger partial charge in [0, 0.05) is 18.8 Å². The standard InChI is InChI=1S/C21H20N4O2S/c1-2-12-25-20(16-8-4-6-10-18(16)26)22-23-21(25)28-14-19(27)24-13-11-15-7-3-5-9-17(15)24/h2-10,26H,1,11-14H2. The number of phenols is 1. The normalized spacial score (nSPS) is 12.8. The lowest BCUT2D eigenvalue weighted by atomic mass is 10.2. The molecule has 0 spiro atoms. The first kappa shape index (κ1) is 18.3. The van der Waals surface area contributed by atoms with Crippen molar-refractivity contribution in [1.29, 1.82) is 0 Å². The van der Waals surface area contributed by atoms with Crippen molar-refractivity contribution >= 4 is 23.4 Å². The number of amides is 1. The second kappa shape index (κ2) is 7.90. The molecule has 1 aliphatic rings. The number of rotatable bonds is 6. The van der Waals surface area contributed by atoms with E-state index in [2.05, 4.69) is 22.8 Å². The predicted octanol–water partition coefficient (Wildman–Crippen LogP) is 3.52. The van der Waals surface area contributed by atoms with Crippen LogP contribution >= 0.6 is 11.8 Å². The Morgan fingerprint density at radius 3 is 2.79 bits per heavy atom. The topological polar surface area (TPSA) is 71.2 Å². The zero-order valence-corrected chi connectivity index (χ0v) is 16.1. The average molecular weight is 392 g/mol. The number of aromatic nitrogens is 3. The quantitative estimate of drug-likeness (QED) is 0.513. The highest BCUT2D eigenvalue weighted by Crippen LogP contribution is 2.31. The van der Waals surface area contributed by atoms with Crippen LogP contribution < -0.4 is 4.90 Å². The van der Waals surface area contributed by atoms with Gasteiger partial charge in [-0.1, -0.05) is 48.2 Å². The number of allylic oxidation sites excluding steroid dienone is 1. The van der Waals surface area contributed by atoms with Crippen molar-refractivity contribution in [3.8, 4) is 17.1 Å². The highest BCUT2D eigenvalue weighted by atomic mass is 32.2. The maximum absolute atomic E-state index is 12.8. The molecule has 142 valence electrons. The summed E-state index contributed by atoms with van der Waals surface area (Å²) in [6, 6.07) is 15.0. The van der Waals surface area contributed by atoms with Crippen LogP contribution in [-0.2, 0) is 17.8 Å². The molecule has 7 heteroatoms. The SMILES string of the molecule is C=CCn1c(SCC(=O)N2CCc3ccccc32)nnc1-c1ccccc1O. The van der Waals surface area contributed by atoms with Crippen LogP contribution in [0.2, 0.25) is 0 Å². The molecular formula is C21H20N4O2S. The lowest BCUT2D eigenvalue weighted by Gasteiger charge is -2.17. The summed E-state index contributed by atoms with van der Waals surface area (Å²) >= 11 is 1.35. The number of aromatic hydroxyl groups is 1.